The molecule has 0 aliphatic carbocycles. The minimum Gasteiger partial charge on any atom is -0.507 e. The number of carbonyl (C=O) groups excluding carboxylic acids is 3. The summed E-state index contributed by atoms with van der Waals surface area (Å²) in [6.45, 7) is 3.41. The molecule has 1 saturated heterocycles. The van der Waals surface area contributed by atoms with Crippen LogP contribution in [0.5, 0.6) is 5.75 Å². The van der Waals surface area contributed by atoms with Crippen molar-refractivity contribution in [2.75, 3.05) is 4.90 Å². The molecule has 27 heavy (non-hydrogen) atoms. The van der Waals surface area contributed by atoms with Crippen LogP contribution in [0.2, 0.25) is 10.0 Å². The fourth-order valence-corrected chi connectivity index (χ4v) is 3.16. The third kappa shape index (κ3) is 3.41. The van der Waals surface area contributed by atoms with Gasteiger partial charge in [0, 0.05) is 0 Å². The Morgan fingerprint density at radius 1 is 1.07 bits per heavy atom. The van der Waals surface area contributed by atoms with E-state index in [4.69, 9.17) is 23.2 Å². The zero-order valence-electron chi connectivity index (χ0n) is 14.3. The summed E-state index contributed by atoms with van der Waals surface area (Å²) in [6.07, 6.45) is 1.36. The van der Waals surface area contributed by atoms with Crippen LogP contribution < -0.4 is 10.2 Å². The first-order valence-corrected chi connectivity index (χ1v) is 8.62. The van der Waals surface area contributed by atoms with Crippen molar-refractivity contribution in [2.45, 2.75) is 13.8 Å². The molecule has 2 aromatic carbocycles. The average Bonchev–Trinajstić information content (AvgIpc) is 2.60. The number of hydrogen-bond acceptors (Lipinski definition) is 4. The Kier molecular flexibility index (Phi) is 4.95. The van der Waals surface area contributed by atoms with Gasteiger partial charge in [-0.15, -0.1) is 0 Å². The lowest BCUT2D eigenvalue weighted by molar-refractivity contribution is -0.122. The quantitative estimate of drug-likeness (QED) is 0.585. The van der Waals surface area contributed by atoms with Gasteiger partial charge in [0.05, 0.1) is 15.7 Å². The van der Waals surface area contributed by atoms with Crippen LogP contribution in [0.3, 0.4) is 0 Å². The van der Waals surface area contributed by atoms with Crippen molar-refractivity contribution >= 4 is 52.8 Å². The number of amides is 4. The van der Waals surface area contributed by atoms with Gasteiger partial charge in [-0.1, -0.05) is 29.3 Å². The van der Waals surface area contributed by atoms with E-state index in [1.807, 2.05) is 0 Å². The van der Waals surface area contributed by atoms with E-state index >= 15 is 0 Å². The molecular formula is C19H14Cl2N2O4. The molecule has 0 saturated carbocycles. The molecule has 1 aliphatic heterocycles. The summed E-state index contributed by atoms with van der Waals surface area (Å²) in [4.78, 5) is 38.1. The maximum absolute atomic E-state index is 12.9. The van der Waals surface area contributed by atoms with Crippen molar-refractivity contribution in [3.8, 4) is 5.75 Å². The zero-order valence-corrected chi connectivity index (χ0v) is 15.9. The van der Waals surface area contributed by atoms with Gasteiger partial charge in [-0.05, 0) is 60.9 Å². The second kappa shape index (κ2) is 7.06. The van der Waals surface area contributed by atoms with Crippen LogP contribution in [-0.2, 0) is 9.59 Å². The first-order chi connectivity index (χ1) is 12.7. The molecular weight excluding hydrogens is 391 g/mol. The van der Waals surface area contributed by atoms with Gasteiger partial charge in [0.1, 0.15) is 11.3 Å². The Bertz CT molecular complexity index is 1010. The second-order valence-corrected chi connectivity index (χ2v) is 6.82. The van der Waals surface area contributed by atoms with Gasteiger partial charge in [0.2, 0.25) is 0 Å². The molecule has 2 aromatic rings. The number of urea groups is 1. The molecule has 0 unspecified atom stereocenters. The molecule has 0 atom stereocenters. The molecule has 8 heteroatoms. The highest BCUT2D eigenvalue weighted by atomic mass is 35.5. The summed E-state index contributed by atoms with van der Waals surface area (Å²) >= 11 is 12.1. The molecule has 1 heterocycles. The van der Waals surface area contributed by atoms with Crippen LogP contribution in [-0.4, -0.2) is 23.0 Å². The normalized spacial score (nSPS) is 16.1. The Morgan fingerprint density at radius 2 is 1.70 bits per heavy atom. The molecule has 138 valence electrons. The summed E-state index contributed by atoms with van der Waals surface area (Å²) in [5.41, 5.74) is 1.55. The zero-order chi connectivity index (χ0) is 19.9. The molecule has 1 fully saturated rings. The number of rotatable bonds is 2. The number of carbonyl (C=O) groups is 3. The number of nitrogens with one attached hydrogen (secondary N) is 1. The first kappa shape index (κ1) is 18.9. The summed E-state index contributed by atoms with van der Waals surface area (Å²) in [5.74, 6) is -1.50. The number of anilines is 1. The third-order valence-electron chi connectivity index (χ3n) is 4.10. The third-order valence-corrected chi connectivity index (χ3v) is 4.91. The minimum absolute atomic E-state index is 0.0210. The van der Waals surface area contributed by atoms with Gasteiger partial charge in [-0.3, -0.25) is 14.9 Å². The standard InChI is InChI=1S/C19H14Cl2N2O4/c1-9-6-11(7-10(2)16(9)24)8-12-17(25)22-19(27)23(18(12)26)14-5-3-4-13(20)15(14)21/h3-8,24H,1-2H3,(H,22,25,27)/b12-8+. The van der Waals surface area contributed by atoms with E-state index in [0.717, 1.165) is 4.90 Å². The van der Waals surface area contributed by atoms with Gasteiger partial charge >= 0.3 is 6.03 Å². The lowest BCUT2D eigenvalue weighted by Gasteiger charge is -2.27. The smallest absolute Gasteiger partial charge is 0.336 e. The lowest BCUT2D eigenvalue weighted by Crippen LogP contribution is -2.54. The Labute approximate surface area is 165 Å². The molecule has 2 N–H and O–H groups in total. The van der Waals surface area contributed by atoms with Crippen LogP contribution in [0.25, 0.3) is 6.08 Å². The highest BCUT2D eigenvalue weighted by Crippen LogP contribution is 2.34. The van der Waals surface area contributed by atoms with E-state index in [1.54, 1.807) is 26.0 Å². The van der Waals surface area contributed by atoms with Gasteiger partial charge in [0.15, 0.2) is 0 Å². The molecule has 0 bridgehead atoms. The van der Waals surface area contributed by atoms with Crippen molar-refractivity contribution < 1.29 is 19.5 Å². The Morgan fingerprint density at radius 3 is 2.33 bits per heavy atom. The average molecular weight is 405 g/mol. The Balaban J connectivity index is 2.09. The van der Waals surface area contributed by atoms with Crippen molar-refractivity contribution in [1.29, 1.82) is 0 Å². The number of barbiturate groups is 1. The number of aromatic hydroxyl groups is 1. The highest BCUT2D eigenvalue weighted by Gasteiger charge is 2.38. The largest absolute Gasteiger partial charge is 0.507 e. The van der Waals surface area contributed by atoms with Crippen LogP contribution >= 0.6 is 23.2 Å². The number of phenolic OH excluding ortho intramolecular Hbond substituents is 1. The number of aryl methyl sites for hydroxylation is 2. The number of benzene rings is 2. The number of imide groups is 2. The molecule has 1 aliphatic rings. The second-order valence-electron chi connectivity index (χ2n) is 6.03. The van der Waals surface area contributed by atoms with Crippen LogP contribution in [0, 0.1) is 13.8 Å². The van der Waals surface area contributed by atoms with Crippen molar-refractivity contribution in [2.24, 2.45) is 0 Å². The molecule has 3 rings (SSSR count). The van der Waals surface area contributed by atoms with Gasteiger partial charge < -0.3 is 5.11 Å². The van der Waals surface area contributed by atoms with Crippen molar-refractivity contribution in [3.63, 3.8) is 0 Å². The fourth-order valence-electron chi connectivity index (χ4n) is 2.78. The lowest BCUT2D eigenvalue weighted by atomic mass is 10.0. The number of nitrogens with zero attached hydrogens (tertiary/aromatic N) is 1. The van der Waals surface area contributed by atoms with E-state index in [1.165, 1.54) is 24.3 Å². The highest BCUT2D eigenvalue weighted by molar-refractivity contribution is 6.46. The van der Waals surface area contributed by atoms with E-state index in [-0.39, 0.29) is 27.1 Å². The van der Waals surface area contributed by atoms with Crippen LogP contribution in [0.15, 0.2) is 35.9 Å². The molecule has 6 nitrogen and oxygen atoms in total. The van der Waals surface area contributed by atoms with E-state index in [0.29, 0.717) is 16.7 Å². The first-order valence-electron chi connectivity index (χ1n) is 7.86. The minimum atomic E-state index is -0.913. The SMILES string of the molecule is Cc1cc(/C=C2\C(=O)NC(=O)N(c3cccc(Cl)c3Cl)C2=O)cc(C)c1O. The maximum atomic E-state index is 12.9. The fraction of sp³-hybridized carbons (Fsp3) is 0.105. The number of halogens is 2. The van der Waals surface area contributed by atoms with Gasteiger partial charge in [-0.25, -0.2) is 9.69 Å². The predicted molar refractivity (Wildman–Crippen MR) is 103 cm³/mol. The summed E-state index contributed by atoms with van der Waals surface area (Å²) in [5, 5.41) is 12.2. The predicted octanol–water partition coefficient (Wildman–Crippen LogP) is 3.98. The van der Waals surface area contributed by atoms with Crippen LogP contribution in [0.4, 0.5) is 10.5 Å². The van der Waals surface area contributed by atoms with E-state index in [2.05, 4.69) is 5.32 Å². The summed E-state index contributed by atoms with van der Waals surface area (Å²) in [7, 11) is 0. The molecule has 0 radical (unpaired) electrons. The van der Waals surface area contributed by atoms with Crippen LogP contribution in [0.1, 0.15) is 16.7 Å². The van der Waals surface area contributed by atoms with Crippen molar-refractivity contribution in [3.05, 3.63) is 62.6 Å². The van der Waals surface area contributed by atoms with Gasteiger partial charge in [0.25, 0.3) is 11.8 Å². The summed E-state index contributed by atoms with van der Waals surface area (Å²) in [6, 6.07) is 6.85. The summed E-state index contributed by atoms with van der Waals surface area (Å²) < 4.78 is 0. The molecule has 0 spiro atoms. The Hall–Kier alpha value is -2.83. The number of phenols is 1. The molecule has 0 aromatic heterocycles. The van der Waals surface area contributed by atoms with Crippen molar-refractivity contribution in [1.82, 2.24) is 5.32 Å². The molecule has 4 amide bonds. The topological polar surface area (TPSA) is 86.7 Å². The van der Waals surface area contributed by atoms with E-state index in [9.17, 15) is 19.5 Å². The number of hydrogen-bond donors (Lipinski definition) is 2. The van der Waals surface area contributed by atoms with E-state index < -0.39 is 17.8 Å². The monoisotopic (exact) mass is 404 g/mol. The maximum Gasteiger partial charge on any atom is 0.336 e. The van der Waals surface area contributed by atoms with Gasteiger partial charge in [-0.2, -0.15) is 0 Å².